The van der Waals surface area contributed by atoms with E-state index in [-0.39, 0.29) is 34.7 Å². The molecule has 0 aromatic heterocycles. The van der Waals surface area contributed by atoms with Gasteiger partial charge in [-0.1, -0.05) is 58.5 Å². The number of nitrogens with zero attached hydrogens (tertiary/aromatic N) is 1. The Bertz CT molecular complexity index is 929. The zero-order valence-electron chi connectivity index (χ0n) is 15.8. The lowest BCUT2D eigenvalue weighted by Crippen LogP contribution is -2.18. The largest absolute Gasteiger partial charge is 0.489 e. The monoisotopic (exact) mass is 435 g/mol. The van der Waals surface area contributed by atoms with Gasteiger partial charge in [0.15, 0.2) is 17.6 Å². The molecule has 0 amide bonds. The van der Waals surface area contributed by atoms with E-state index < -0.39 is 12.1 Å². The molecular formula is C21H19Cl2NO5. The Labute approximate surface area is 179 Å². The van der Waals surface area contributed by atoms with Crippen molar-refractivity contribution in [2.75, 3.05) is 6.61 Å². The predicted molar refractivity (Wildman–Crippen MR) is 112 cm³/mol. The fraction of sp³-hybridized carbons (Fsp3) is 0.238. The molecule has 2 aromatic carbocycles. The average molecular weight is 436 g/mol. The number of carbonyl (C=O) groups is 1. The quantitative estimate of drug-likeness (QED) is 0.347. The first-order chi connectivity index (χ1) is 13.9. The number of hydrogen-bond donors (Lipinski definition) is 1. The van der Waals surface area contributed by atoms with Crippen LogP contribution in [-0.4, -0.2) is 29.5 Å². The number of aliphatic carboxylic acids is 1. The van der Waals surface area contributed by atoms with Crippen molar-refractivity contribution in [1.82, 2.24) is 0 Å². The Morgan fingerprint density at radius 1 is 1.28 bits per heavy atom. The minimum absolute atomic E-state index is 0.0578. The standard InChI is InChI=1S/C21H19Cl2NO5/c1-4-13(3)29-20-17(22)10-15(11-18(20)23)27-12-14-8-6-7-9-16(14)19(21(25)26)24-28-5-2/h1,6-11,13H,5,12H2,2-3H3,(H,25,26). The molecule has 0 fully saturated rings. The van der Waals surface area contributed by atoms with Gasteiger partial charge in [0.25, 0.3) is 0 Å². The summed E-state index contributed by atoms with van der Waals surface area (Å²) in [5, 5.41) is 13.6. The molecule has 0 spiro atoms. The van der Waals surface area contributed by atoms with Crippen molar-refractivity contribution in [3.05, 3.63) is 57.6 Å². The number of carboxylic acid groups (broad SMARTS) is 1. The summed E-state index contributed by atoms with van der Waals surface area (Å²) in [6, 6.07) is 9.91. The molecule has 0 aliphatic carbocycles. The van der Waals surface area contributed by atoms with Crippen molar-refractivity contribution in [2.45, 2.75) is 26.6 Å². The molecule has 152 valence electrons. The first-order valence-corrected chi connectivity index (χ1v) is 9.39. The van der Waals surface area contributed by atoms with E-state index in [1.165, 1.54) is 0 Å². The number of hydrogen-bond acceptors (Lipinski definition) is 5. The molecule has 29 heavy (non-hydrogen) atoms. The normalized spacial score (nSPS) is 12.0. The first kappa shape index (κ1) is 22.4. The fourth-order valence-electron chi connectivity index (χ4n) is 2.31. The van der Waals surface area contributed by atoms with Crippen LogP contribution in [0.5, 0.6) is 11.5 Å². The molecule has 6 nitrogen and oxygen atoms in total. The van der Waals surface area contributed by atoms with Crippen molar-refractivity contribution in [1.29, 1.82) is 0 Å². The van der Waals surface area contributed by atoms with Crippen LogP contribution in [0.2, 0.25) is 10.0 Å². The van der Waals surface area contributed by atoms with Crippen LogP contribution in [0.15, 0.2) is 41.6 Å². The summed E-state index contributed by atoms with van der Waals surface area (Å²) in [7, 11) is 0. The number of benzene rings is 2. The van der Waals surface area contributed by atoms with E-state index in [9.17, 15) is 9.90 Å². The van der Waals surface area contributed by atoms with Gasteiger partial charge in [-0.05, 0) is 19.4 Å². The van der Waals surface area contributed by atoms with Crippen molar-refractivity contribution in [3.63, 3.8) is 0 Å². The number of terminal acetylenes is 1. The topological polar surface area (TPSA) is 77.3 Å². The van der Waals surface area contributed by atoms with Gasteiger partial charge < -0.3 is 19.4 Å². The van der Waals surface area contributed by atoms with Gasteiger partial charge in [0, 0.05) is 17.7 Å². The lowest BCUT2D eigenvalue weighted by Gasteiger charge is -2.15. The Morgan fingerprint density at radius 2 is 1.93 bits per heavy atom. The summed E-state index contributed by atoms with van der Waals surface area (Å²) in [6.45, 7) is 3.71. The van der Waals surface area contributed by atoms with E-state index in [1.807, 2.05) is 0 Å². The molecule has 0 radical (unpaired) electrons. The minimum Gasteiger partial charge on any atom is -0.489 e. The molecule has 1 atom stereocenters. The van der Waals surface area contributed by atoms with Crippen LogP contribution < -0.4 is 9.47 Å². The molecule has 0 saturated heterocycles. The Hall–Kier alpha value is -2.88. The van der Waals surface area contributed by atoms with Gasteiger partial charge in [-0.25, -0.2) is 4.79 Å². The third-order valence-corrected chi connectivity index (χ3v) is 4.22. The second-order valence-electron chi connectivity index (χ2n) is 5.75. The number of ether oxygens (including phenoxy) is 2. The summed E-state index contributed by atoms with van der Waals surface area (Å²) in [4.78, 5) is 16.5. The highest BCUT2D eigenvalue weighted by Crippen LogP contribution is 2.37. The summed E-state index contributed by atoms with van der Waals surface area (Å²) in [5.74, 6) is 1.87. The maximum atomic E-state index is 11.6. The smallest absolute Gasteiger partial charge is 0.358 e. The second-order valence-corrected chi connectivity index (χ2v) is 6.57. The molecular weight excluding hydrogens is 417 g/mol. The average Bonchev–Trinajstić information content (AvgIpc) is 2.69. The molecule has 0 saturated carbocycles. The van der Waals surface area contributed by atoms with Crippen molar-refractivity contribution >= 4 is 34.9 Å². The highest BCUT2D eigenvalue weighted by molar-refractivity contribution is 6.42. The third kappa shape index (κ3) is 6.05. The van der Waals surface area contributed by atoms with Crippen LogP contribution in [0.1, 0.15) is 25.0 Å². The maximum Gasteiger partial charge on any atom is 0.358 e. The molecule has 0 aliphatic heterocycles. The van der Waals surface area contributed by atoms with Crippen molar-refractivity contribution in [3.8, 4) is 23.8 Å². The Morgan fingerprint density at radius 3 is 2.52 bits per heavy atom. The maximum absolute atomic E-state index is 11.6. The van der Waals surface area contributed by atoms with Gasteiger partial charge in [0.2, 0.25) is 0 Å². The zero-order chi connectivity index (χ0) is 21.4. The van der Waals surface area contributed by atoms with Gasteiger partial charge in [-0.2, -0.15) is 0 Å². The molecule has 2 rings (SSSR count). The molecule has 8 heteroatoms. The van der Waals surface area contributed by atoms with Gasteiger partial charge in [0.05, 0.1) is 10.0 Å². The lowest BCUT2D eigenvalue weighted by atomic mass is 10.0. The number of carboxylic acids is 1. The van der Waals surface area contributed by atoms with Crippen LogP contribution >= 0.6 is 23.2 Å². The van der Waals surface area contributed by atoms with Crippen molar-refractivity contribution < 1.29 is 24.2 Å². The van der Waals surface area contributed by atoms with E-state index in [2.05, 4.69) is 11.1 Å². The van der Waals surface area contributed by atoms with Crippen LogP contribution in [0.4, 0.5) is 0 Å². The van der Waals surface area contributed by atoms with Gasteiger partial charge in [-0.15, -0.1) is 6.42 Å². The molecule has 0 bridgehead atoms. The van der Waals surface area contributed by atoms with E-state index >= 15 is 0 Å². The summed E-state index contributed by atoms with van der Waals surface area (Å²) in [5.41, 5.74) is 0.768. The second kappa shape index (κ2) is 10.6. The number of rotatable bonds is 9. The fourth-order valence-corrected chi connectivity index (χ4v) is 2.87. The number of oxime groups is 1. The van der Waals surface area contributed by atoms with E-state index in [0.717, 1.165) is 0 Å². The Balaban J connectivity index is 2.25. The summed E-state index contributed by atoms with van der Waals surface area (Å²) >= 11 is 12.5. The van der Waals surface area contributed by atoms with Gasteiger partial charge >= 0.3 is 5.97 Å². The van der Waals surface area contributed by atoms with Crippen LogP contribution in [0.3, 0.4) is 0 Å². The van der Waals surface area contributed by atoms with E-state index in [1.54, 1.807) is 50.2 Å². The summed E-state index contributed by atoms with van der Waals surface area (Å²) < 4.78 is 11.3. The van der Waals surface area contributed by atoms with Crippen molar-refractivity contribution in [2.24, 2.45) is 5.16 Å². The first-order valence-electron chi connectivity index (χ1n) is 8.63. The Kier molecular flexibility index (Phi) is 8.20. The van der Waals surface area contributed by atoms with Crippen LogP contribution in [0, 0.1) is 12.3 Å². The highest BCUT2D eigenvalue weighted by atomic mass is 35.5. The van der Waals surface area contributed by atoms with Gasteiger partial charge in [-0.3, -0.25) is 0 Å². The third-order valence-electron chi connectivity index (χ3n) is 3.66. The lowest BCUT2D eigenvalue weighted by molar-refractivity contribution is -0.129. The molecule has 1 N–H and O–H groups in total. The predicted octanol–water partition coefficient (Wildman–Crippen LogP) is 4.80. The SMILES string of the molecule is C#CC(C)Oc1c(Cl)cc(OCc2ccccc2C(=NOCC)C(=O)O)cc1Cl. The molecule has 1 unspecified atom stereocenters. The number of halogens is 2. The molecule has 0 heterocycles. The summed E-state index contributed by atoms with van der Waals surface area (Å²) in [6.07, 6.45) is 4.81. The highest BCUT2D eigenvalue weighted by Gasteiger charge is 2.18. The van der Waals surface area contributed by atoms with Gasteiger partial charge in [0.1, 0.15) is 19.0 Å². The van der Waals surface area contributed by atoms with E-state index in [0.29, 0.717) is 16.9 Å². The van der Waals surface area contributed by atoms with Crippen LogP contribution in [0.25, 0.3) is 0 Å². The van der Waals surface area contributed by atoms with E-state index in [4.69, 9.17) is 43.9 Å². The minimum atomic E-state index is -1.21. The van der Waals surface area contributed by atoms with Crippen LogP contribution in [-0.2, 0) is 16.2 Å². The molecule has 0 aliphatic rings. The zero-order valence-corrected chi connectivity index (χ0v) is 17.3. The molecule has 2 aromatic rings.